The quantitative estimate of drug-likeness (QED) is 0.442. The first-order valence-corrected chi connectivity index (χ1v) is 11.6. The molecule has 166 valence electrons. The zero-order chi connectivity index (χ0) is 23.1. The molecule has 7 heteroatoms. The van der Waals surface area contributed by atoms with Crippen LogP contribution in [-0.4, -0.2) is 21.7 Å². The molecular weight excluding hydrogens is 434 g/mol. The lowest BCUT2D eigenvalue weighted by atomic mass is 9.96. The number of para-hydroxylation sites is 1. The number of carbonyl (C=O) groups is 1. The van der Waals surface area contributed by atoms with E-state index in [1.165, 1.54) is 11.3 Å². The summed E-state index contributed by atoms with van der Waals surface area (Å²) in [6, 6.07) is 17.1. The second-order valence-corrected chi connectivity index (χ2v) is 8.93. The predicted molar refractivity (Wildman–Crippen MR) is 130 cm³/mol. The second-order valence-electron chi connectivity index (χ2n) is 7.93. The van der Waals surface area contributed by atoms with E-state index in [2.05, 4.69) is 11.1 Å². The predicted octanol–water partition coefficient (Wildman–Crippen LogP) is 3.29. The zero-order valence-corrected chi connectivity index (χ0v) is 19.4. The van der Waals surface area contributed by atoms with Gasteiger partial charge >= 0.3 is 5.97 Å². The lowest BCUT2D eigenvalue weighted by Gasteiger charge is -2.24. The maximum atomic E-state index is 13.7. The van der Waals surface area contributed by atoms with Crippen molar-refractivity contribution in [1.82, 2.24) is 9.13 Å². The first-order chi connectivity index (χ1) is 16.0. The fourth-order valence-corrected chi connectivity index (χ4v) is 5.41. The molecule has 1 aliphatic heterocycles. The van der Waals surface area contributed by atoms with Crippen molar-refractivity contribution in [3.63, 3.8) is 0 Å². The minimum Gasteiger partial charge on any atom is -0.463 e. The third-order valence-electron chi connectivity index (χ3n) is 5.85. The van der Waals surface area contributed by atoms with Gasteiger partial charge in [-0.15, -0.1) is 0 Å². The van der Waals surface area contributed by atoms with E-state index in [4.69, 9.17) is 4.74 Å². The van der Waals surface area contributed by atoms with E-state index in [9.17, 15) is 9.59 Å². The summed E-state index contributed by atoms with van der Waals surface area (Å²) in [6.45, 7) is 3.82. The van der Waals surface area contributed by atoms with Crippen molar-refractivity contribution in [2.45, 2.75) is 19.9 Å². The van der Waals surface area contributed by atoms with E-state index in [1.807, 2.05) is 72.4 Å². The minimum atomic E-state index is -0.587. The van der Waals surface area contributed by atoms with Gasteiger partial charge in [0, 0.05) is 29.7 Å². The number of aromatic nitrogens is 2. The molecule has 0 spiro atoms. The average Bonchev–Trinajstić information content (AvgIpc) is 3.30. The molecule has 33 heavy (non-hydrogen) atoms. The van der Waals surface area contributed by atoms with Crippen LogP contribution >= 0.6 is 11.3 Å². The van der Waals surface area contributed by atoms with E-state index in [-0.39, 0.29) is 12.2 Å². The maximum Gasteiger partial charge on any atom is 0.338 e. The van der Waals surface area contributed by atoms with Crippen LogP contribution < -0.4 is 14.9 Å². The number of fused-ring (bicyclic) bond motifs is 2. The van der Waals surface area contributed by atoms with Crippen molar-refractivity contribution in [2.75, 3.05) is 6.61 Å². The Morgan fingerprint density at radius 3 is 2.64 bits per heavy atom. The van der Waals surface area contributed by atoms with Crippen LogP contribution in [0.25, 0.3) is 17.0 Å². The third-order valence-corrected chi connectivity index (χ3v) is 6.83. The molecule has 0 fully saturated rings. The molecule has 0 bridgehead atoms. The highest BCUT2D eigenvalue weighted by atomic mass is 32.1. The molecular formula is C26H23N3O3S. The lowest BCUT2D eigenvalue weighted by Crippen LogP contribution is -2.39. The standard InChI is InChI=1S/C26H23N3O3S/c1-4-32-25(31)22-16(2)27-26-29(23(22)17-10-6-5-7-11-17)24(30)21(33-26)14-18-15-28(3)20-13-9-8-12-19(18)20/h5-15,23H,4H2,1-3H3/b21-14-/t23-/m1/s1. The maximum absolute atomic E-state index is 13.7. The van der Waals surface area contributed by atoms with Crippen molar-refractivity contribution in [1.29, 1.82) is 0 Å². The van der Waals surface area contributed by atoms with Gasteiger partial charge in [0.05, 0.1) is 28.5 Å². The summed E-state index contributed by atoms with van der Waals surface area (Å²) in [5.74, 6) is -0.448. The highest BCUT2D eigenvalue weighted by molar-refractivity contribution is 7.07. The summed E-state index contributed by atoms with van der Waals surface area (Å²) in [5, 5.41) is 1.08. The Morgan fingerprint density at radius 2 is 1.88 bits per heavy atom. The fourth-order valence-electron chi connectivity index (χ4n) is 4.37. The Morgan fingerprint density at radius 1 is 1.15 bits per heavy atom. The zero-order valence-electron chi connectivity index (χ0n) is 18.6. The van der Waals surface area contributed by atoms with Crippen molar-refractivity contribution < 1.29 is 9.53 Å². The number of aryl methyl sites for hydroxylation is 1. The monoisotopic (exact) mass is 457 g/mol. The highest BCUT2D eigenvalue weighted by Crippen LogP contribution is 2.30. The molecule has 1 aliphatic rings. The Labute approximate surface area is 194 Å². The molecule has 0 aliphatic carbocycles. The van der Waals surface area contributed by atoms with Gasteiger partial charge in [0.25, 0.3) is 5.56 Å². The molecule has 2 aromatic carbocycles. The number of benzene rings is 2. The number of allylic oxidation sites excluding steroid dienone is 1. The molecule has 3 heterocycles. The Hall–Kier alpha value is -3.71. The highest BCUT2D eigenvalue weighted by Gasteiger charge is 2.33. The van der Waals surface area contributed by atoms with E-state index < -0.39 is 12.0 Å². The van der Waals surface area contributed by atoms with Crippen LogP contribution in [0, 0.1) is 0 Å². The van der Waals surface area contributed by atoms with Crippen LogP contribution in [0.5, 0.6) is 0 Å². The summed E-state index contributed by atoms with van der Waals surface area (Å²) in [4.78, 5) is 31.8. The van der Waals surface area contributed by atoms with Crippen LogP contribution in [0.2, 0.25) is 0 Å². The number of thiazole rings is 1. The normalized spacial score (nSPS) is 16.1. The molecule has 0 N–H and O–H groups in total. The smallest absolute Gasteiger partial charge is 0.338 e. The van der Waals surface area contributed by atoms with Crippen molar-refractivity contribution >= 4 is 34.3 Å². The van der Waals surface area contributed by atoms with Crippen molar-refractivity contribution in [3.05, 3.63) is 103 Å². The third kappa shape index (κ3) is 3.54. The van der Waals surface area contributed by atoms with Crippen LogP contribution in [0.3, 0.4) is 0 Å². The first-order valence-electron chi connectivity index (χ1n) is 10.8. The topological polar surface area (TPSA) is 65.6 Å². The Kier molecular flexibility index (Phi) is 5.34. The summed E-state index contributed by atoms with van der Waals surface area (Å²) in [6.07, 6.45) is 3.93. The van der Waals surface area contributed by atoms with Crippen LogP contribution in [0.4, 0.5) is 0 Å². The molecule has 2 aromatic heterocycles. The summed E-state index contributed by atoms with van der Waals surface area (Å²) >= 11 is 1.34. The number of carbonyl (C=O) groups excluding carboxylic acids is 1. The molecule has 0 saturated heterocycles. The van der Waals surface area contributed by atoms with Crippen LogP contribution in [0.1, 0.15) is 31.0 Å². The number of nitrogens with zero attached hydrogens (tertiary/aromatic N) is 3. The lowest BCUT2D eigenvalue weighted by molar-refractivity contribution is -0.139. The summed E-state index contributed by atoms with van der Waals surface area (Å²) < 4.78 is 9.58. The number of hydrogen-bond donors (Lipinski definition) is 0. The average molecular weight is 458 g/mol. The van der Waals surface area contributed by atoms with E-state index in [0.29, 0.717) is 20.6 Å². The number of rotatable bonds is 4. The van der Waals surface area contributed by atoms with Gasteiger partial charge < -0.3 is 9.30 Å². The molecule has 0 unspecified atom stereocenters. The molecule has 1 atom stereocenters. The second kappa shape index (κ2) is 8.33. The van der Waals surface area contributed by atoms with Gasteiger partial charge in [0.2, 0.25) is 0 Å². The summed E-state index contributed by atoms with van der Waals surface area (Å²) in [7, 11) is 1.99. The van der Waals surface area contributed by atoms with E-state index in [1.54, 1.807) is 18.4 Å². The van der Waals surface area contributed by atoms with Gasteiger partial charge in [-0.05, 0) is 31.6 Å². The van der Waals surface area contributed by atoms with Gasteiger partial charge in [0.15, 0.2) is 4.80 Å². The first kappa shape index (κ1) is 21.2. The fraction of sp³-hybridized carbons (Fsp3) is 0.192. The van der Waals surface area contributed by atoms with Gasteiger partial charge in [0.1, 0.15) is 0 Å². The van der Waals surface area contributed by atoms with E-state index >= 15 is 0 Å². The molecule has 0 amide bonds. The Bertz CT molecular complexity index is 1590. The van der Waals surface area contributed by atoms with Crippen LogP contribution in [0.15, 0.2) is 81.9 Å². The van der Waals surface area contributed by atoms with Gasteiger partial charge in [-0.1, -0.05) is 59.9 Å². The molecule has 5 rings (SSSR count). The van der Waals surface area contributed by atoms with E-state index in [0.717, 1.165) is 22.0 Å². The number of hydrogen-bond acceptors (Lipinski definition) is 5. The van der Waals surface area contributed by atoms with Gasteiger partial charge in [-0.2, -0.15) is 0 Å². The Balaban J connectivity index is 1.75. The summed E-state index contributed by atoms with van der Waals surface area (Å²) in [5.41, 5.74) is 3.70. The minimum absolute atomic E-state index is 0.171. The van der Waals surface area contributed by atoms with Crippen molar-refractivity contribution in [3.8, 4) is 0 Å². The SMILES string of the molecule is CCOC(=O)C1=C(C)N=c2s/c(=C\c3cn(C)c4ccccc34)c(=O)n2[C@@H]1c1ccccc1. The van der Waals surface area contributed by atoms with Gasteiger partial charge in [-0.25, -0.2) is 9.79 Å². The van der Waals surface area contributed by atoms with Gasteiger partial charge in [-0.3, -0.25) is 9.36 Å². The number of esters is 1. The molecule has 6 nitrogen and oxygen atoms in total. The van der Waals surface area contributed by atoms with Crippen LogP contribution in [-0.2, 0) is 16.6 Å². The molecule has 0 radical (unpaired) electrons. The number of ether oxygens (including phenoxy) is 1. The molecule has 4 aromatic rings. The van der Waals surface area contributed by atoms with Crippen molar-refractivity contribution in [2.24, 2.45) is 12.0 Å². The largest absolute Gasteiger partial charge is 0.463 e. The molecule has 0 saturated carbocycles.